The van der Waals surface area contributed by atoms with Gasteiger partial charge in [0.1, 0.15) is 0 Å². The van der Waals surface area contributed by atoms with Gasteiger partial charge in [0.05, 0.1) is 0 Å². The molecule has 1 aromatic rings. The van der Waals surface area contributed by atoms with E-state index in [0.717, 1.165) is 43.2 Å². The molecule has 2 heteroatoms. The van der Waals surface area contributed by atoms with Crippen molar-refractivity contribution in [2.45, 2.75) is 83.0 Å². The van der Waals surface area contributed by atoms with Gasteiger partial charge in [0.2, 0.25) is 0 Å². The molecule has 154 valence electrons. The lowest BCUT2D eigenvalue weighted by atomic mass is 9.97. The molecular weight excluding hydrogens is 372 g/mol. The van der Waals surface area contributed by atoms with Gasteiger partial charge < -0.3 is 0 Å². The van der Waals surface area contributed by atoms with Gasteiger partial charge in [0.25, 0.3) is 0 Å². The van der Waals surface area contributed by atoms with Crippen molar-refractivity contribution in [2.24, 2.45) is 0 Å². The van der Waals surface area contributed by atoms with Gasteiger partial charge in [-0.05, 0) is 66.5 Å². The van der Waals surface area contributed by atoms with E-state index in [9.17, 15) is 4.79 Å². The maximum atomic E-state index is 13.0. The molecule has 0 aliphatic heterocycles. The Balaban J connectivity index is 1.92. The average molecular weight is 407 g/mol. The largest absolute Gasteiger partial charge is 0.289 e. The summed E-state index contributed by atoms with van der Waals surface area (Å²) in [7, 11) is 0. The monoisotopic (exact) mass is 406 g/mol. The number of Topliss-reactive ketones (excluding diaryl/α,β-unsaturated/α-hetero) is 1. The van der Waals surface area contributed by atoms with Gasteiger partial charge in [-0.25, -0.2) is 0 Å². The van der Waals surface area contributed by atoms with Crippen LogP contribution in [0.4, 0.5) is 0 Å². The molecule has 0 unspecified atom stereocenters. The van der Waals surface area contributed by atoms with Crippen molar-refractivity contribution in [3.63, 3.8) is 0 Å². The van der Waals surface area contributed by atoms with E-state index in [-0.39, 0.29) is 5.78 Å². The molecule has 0 heterocycles. The maximum Gasteiger partial charge on any atom is 0.188 e. The molecule has 0 saturated heterocycles. The summed E-state index contributed by atoms with van der Waals surface area (Å²) in [5.41, 5.74) is 1.78. The van der Waals surface area contributed by atoms with E-state index in [0.29, 0.717) is 0 Å². The third-order valence-electron chi connectivity index (χ3n) is 4.96. The van der Waals surface area contributed by atoms with E-state index in [1.165, 1.54) is 41.9 Å². The number of carbonyl (C=O) groups excluding carboxylic acids is 1. The van der Waals surface area contributed by atoms with Gasteiger partial charge in [-0.3, -0.25) is 4.79 Å². The Bertz CT molecular complexity index is 784. The van der Waals surface area contributed by atoms with Crippen molar-refractivity contribution in [2.75, 3.05) is 0 Å². The van der Waals surface area contributed by atoms with Crippen LogP contribution in [0.25, 0.3) is 0 Å². The van der Waals surface area contributed by atoms with Gasteiger partial charge >= 0.3 is 0 Å². The molecule has 0 atom stereocenters. The molecule has 1 aliphatic rings. The average Bonchev–Trinajstić information content (AvgIpc) is 2.71. The number of hydrogen-bond acceptors (Lipinski definition) is 2. The Kier molecular flexibility index (Phi) is 11.3. The Morgan fingerprint density at radius 3 is 2.59 bits per heavy atom. The first-order valence-corrected chi connectivity index (χ1v) is 11.9. The summed E-state index contributed by atoms with van der Waals surface area (Å²) < 4.78 is 0. The van der Waals surface area contributed by atoms with E-state index >= 15 is 0 Å². The molecule has 0 amide bonds. The van der Waals surface area contributed by atoms with Crippen LogP contribution in [0.15, 0.2) is 63.9 Å². The van der Waals surface area contributed by atoms with Gasteiger partial charge in [0, 0.05) is 16.9 Å². The summed E-state index contributed by atoms with van der Waals surface area (Å²) in [5.74, 6) is 6.31. The fourth-order valence-electron chi connectivity index (χ4n) is 3.34. The molecule has 0 radical (unpaired) electrons. The van der Waals surface area contributed by atoms with Crippen LogP contribution >= 0.6 is 11.8 Å². The Morgan fingerprint density at radius 1 is 1.07 bits per heavy atom. The van der Waals surface area contributed by atoms with Crippen LogP contribution in [0.2, 0.25) is 0 Å². The fourth-order valence-corrected chi connectivity index (χ4v) is 4.27. The summed E-state index contributed by atoms with van der Waals surface area (Å²) in [5, 5.41) is 0. The number of rotatable bonds is 12. The second-order valence-electron chi connectivity index (χ2n) is 7.41. The zero-order valence-corrected chi connectivity index (χ0v) is 18.8. The third kappa shape index (κ3) is 8.92. The minimum absolute atomic E-state index is 0.195. The lowest BCUT2D eigenvalue weighted by Gasteiger charge is -2.09. The van der Waals surface area contributed by atoms with E-state index < -0.39 is 0 Å². The summed E-state index contributed by atoms with van der Waals surface area (Å²) in [6, 6.07) is 8.10. The van der Waals surface area contributed by atoms with E-state index in [1.54, 1.807) is 11.8 Å². The van der Waals surface area contributed by atoms with Crippen molar-refractivity contribution in [3.05, 3.63) is 64.6 Å². The van der Waals surface area contributed by atoms with Crippen LogP contribution in [0.3, 0.4) is 0 Å². The van der Waals surface area contributed by atoms with Gasteiger partial charge in [-0.2, -0.15) is 0 Å². The van der Waals surface area contributed by atoms with Crippen molar-refractivity contribution < 1.29 is 4.79 Å². The van der Waals surface area contributed by atoms with E-state index in [1.807, 2.05) is 18.2 Å². The van der Waals surface area contributed by atoms with Crippen LogP contribution in [0.1, 0.15) is 88.4 Å². The van der Waals surface area contributed by atoms with E-state index in [4.69, 9.17) is 0 Å². The lowest BCUT2D eigenvalue weighted by Crippen LogP contribution is -2.04. The van der Waals surface area contributed by atoms with Crippen LogP contribution in [0, 0.1) is 11.8 Å². The minimum atomic E-state index is 0.195. The number of allylic oxidation sites excluding steroid dienone is 6. The highest BCUT2D eigenvalue weighted by atomic mass is 32.2. The molecule has 29 heavy (non-hydrogen) atoms. The molecule has 0 aromatic heterocycles. The predicted octanol–water partition coefficient (Wildman–Crippen LogP) is 8.29. The normalized spacial score (nSPS) is 16.8. The molecule has 2 rings (SSSR count). The smallest absolute Gasteiger partial charge is 0.188 e. The second kappa shape index (κ2) is 14.1. The molecule has 0 spiro atoms. The first kappa shape index (κ1) is 23.3. The summed E-state index contributed by atoms with van der Waals surface area (Å²) in [6.07, 6.45) is 19.4. The lowest BCUT2D eigenvalue weighted by molar-refractivity contribution is 0.103. The Hall–Kier alpha value is -1.98. The number of benzene rings is 1. The zero-order valence-electron chi connectivity index (χ0n) is 18.0. The third-order valence-corrected chi connectivity index (χ3v) is 6.06. The molecule has 0 fully saturated rings. The highest BCUT2D eigenvalue weighted by Gasteiger charge is 2.12. The molecule has 0 saturated carbocycles. The van der Waals surface area contributed by atoms with Crippen LogP contribution in [0.5, 0.6) is 0 Å². The standard InChI is InChI=1S/C27H34OS/c1-3-5-6-7-9-12-16-23(15-4-2)27(28)24-19-21-26(22-20-24)29-25-17-13-10-8-11-14-18-25/h10,13,15,18-22H,3-7,9,12,14,16-17H2,1-2H3/b13-10-,23-15-,25-18+. The Labute approximate surface area is 181 Å². The fraction of sp³-hybridized carbons (Fsp3) is 0.444. The van der Waals surface area contributed by atoms with Crippen molar-refractivity contribution in [1.82, 2.24) is 0 Å². The molecule has 0 N–H and O–H groups in total. The van der Waals surface area contributed by atoms with Crippen LogP contribution in [-0.2, 0) is 0 Å². The van der Waals surface area contributed by atoms with Crippen molar-refractivity contribution in [1.29, 1.82) is 0 Å². The summed E-state index contributed by atoms with van der Waals surface area (Å²) >= 11 is 1.77. The van der Waals surface area contributed by atoms with E-state index in [2.05, 4.69) is 56.0 Å². The molecular formula is C27H34OS. The van der Waals surface area contributed by atoms with Crippen molar-refractivity contribution >= 4 is 17.5 Å². The van der Waals surface area contributed by atoms with Crippen LogP contribution < -0.4 is 0 Å². The SMILES string of the molecule is CC/C=C(/CCCCCCCC)C(=O)c1ccc(S/C2=C/CC#C/C=C\C2)cc1. The van der Waals surface area contributed by atoms with Gasteiger partial charge in [0.15, 0.2) is 5.78 Å². The topological polar surface area (TPSA) is 17.1 Å². The second-order valence-corrected chi connectivity index (χ2v) is 8.61. The quantitative estimate of drug-likeness (QED) is 0.150. The number of thioether (sulfide) groups is 1. The molecule has 1 aromatic carbocycles. The molecule has 0 bridgehead atoms. The highest BCUT2D eigenvalue weighted by molar-refractivity contribution is 8.03. The summed E-state index contributed by atoms with van der Waals surface area (Å²) in [4.78, 5) is 15.5. The number of hydrogen-bond donors (Lipinski definition) is 0. The Morgan fingerprint density at radius 2 is 1.83 bits per heavy atom. The minimum Gasteiger partial charge on any atom is -0.289 e. The number of carbonyl (C=O) groups is 1. The predicted molar refractivity (Wildman–Crippen MR) is 127 cm³/mol. The number of unbranched alkanes of at least 4 members (excludes halogenated alkanes) is 5. The summed E-state index contributed by atoms with van der Waals surface area (Å²) in [6.45, 7) is 4.35. The first-order chi connectivity index (χ1) is 14.2. The van der Waals surface area contributed by atoms with Crippen LogP contribution in [-0.4, -0.2) is 5.78 Å². The zero-order chi connectivity index (χ0) is 20.7. The van der Waals surface area contributed by atoms with Gasteiger partial charge in [-0.15, -0.1) is 0 Å². The number of ketones is 1. The van der Waals surface area contributed by atoms with Crippen molar-refractivity contribution in [3.8, 4) is 11.8 Å². The highest BCUT2D eigenvalue weighted by Crippen LogP contribution is 2.30. The van der Waals surface area contributed by atoms with Gasteiger partial charge in [-0.1, -0.05) is 87.8 Å². The molecule has 1 aliphatic carbocycles. The first-order valence-electron chi connectivity index (χ1n) is 11.1. The molecule has 1 nitrogen and oxygen atoms in total. The maximum absolute atomic E-state index is 13.0.